The molecule has 0 aliphatic rings. The predicted octanol–water partition coefficient (Wildman–Crippen LogP) is 2.94. The normalized spacial score (nSPS) is 12.5. The number of halogens is 3. The van der Waals surface area contributed by atoms with Gasteiger partial charge < -0.3 is 5.11 Å². The van der Waals surface area contributed by atoms with Crippen molar-refractivity contribution in [3.8, 4) is 11.6 Å². The zero-order chi connectivity index (χ0) is 26.3. The molecule has 10 nitrogen and oxygen atoms in total. The van der Waals surface area contributed by atoms with Crippen molar-refractivity contribution in [2.45, 2.75) is 21.2 Å². The summed E-state index contributed by atoms with van der Waals surface area (Å²) in [4.78, 5) is 15.8. The first-order valence-corrected chi connectivity index (χ1v) is 13.6. The van der Waals surface area contributed by atoms with Crippen LogP contribution in [0.15, 0.2) is 80.3 Å². The van der Waals surface area contributed by atoms with E-state index in [1.165, 1.54) is 24.5 Å². The Hall–Kier alpha value is -3.63. The molecule has 190 valence electrons. The number of pyridine rings is 1. The average molecular weight is 561 g/mol. The van der Waals surface area contributed by atoms with E-state index in [-0.39, 0.29) is 22.1 Å². The lowest BCUT2D eigenvalue weighted by atomic mass is 10.2. The molecule has 4 aromatic rings. The van der Waals surface area contributed by atoms with Crippen LogP contribution in [0.25, 0.3) is 5.69 Å². The van der Waals surface area contributed by atoms with Gasteiger partial charge in [-0.2, -0.15) is 13.2 Å². The summed E-state index contributed by atoms with van der Waals surface area (Å²) in [6, 6.07) is 7.66. The van der Waals surface area contributed by atoms with Gasteiger partial charge in [-0.1, -0.05) is 6.07 Å². The van der Waals surface area contributed by atoms with E-state index in [9.17, 15) is 39.9 Å². The van der Waals surface area contributed by atoms with E-state index in [1.54, 1.807) is 11.4 Å². The first-order valence-electron chi connectivity index (χ1n) is 9.73. The van der Waals surface area contributed by atoms with Crippen LogP contribution in [0.3, 0.4) is 0 Å². The highest BCUT2D eigenvalue weighted by atomic mass is 32.2. The Bertz CT molecular complexity index is 1680. The molecule has 0 aliphatic carbocycles. The Labute approximate surface area is 205 Å². The van der Waals surface area contributed by atoms with Gasteiger partial charge in [-0.25, -0.2) is 26.2 Å². The monoisotopic (exact) mass is 560 g/mol. The van der Waals surface area contributed by atoms with Gasteiger partial charge in [0.15, 0.2) is 0 Å². The zero-order valence-electron chi connectivity index (χ0n) is 17.7. The topological polar surface area (TPSA) is 140 Å². The third-order valence-electron chi connectivity index (χ3n) is 4.90. The molecule has 1 aromatic carbocycles. The number of nitrogens with zero attached hydrogens (tertiary/aromatic N) is 3. The van der Waals surface area contributed by atoms with E-state index >= 15 is 0 Å². The van der Waals surface area contributed by atoms with Gasteiger partial charge in [0.1, 0.15) is 4.21 Å². The summed E-state index contributed by atoms with van der Waals surface area (Å²) in [5, 5.41) is 11.9. The fourth-order valence-corrected chi connectivity index (χ4v) is 6.03. The minimum atomic E-state index is -5.58. The number of imidazole rings is 1. The van der Waals surface area contributed by atoms with Crippen LogP contribution >= 0.6 is 11.3 Å². The summed E-state index contributed by atoms with van der Waals surface area (Å²) in [6.45, 7) is -0.204. The molecule has 3 aromatic heterocycles. The predicted molar refractivity (Wildman–Crippen MR) is 123 cm³/mol. The highest BCUT2D eigenvalue weighted by Crippen LogP contribution is 2.31. The Balaban J connectivity index is 1.65. The quantitative estimate of drug-likeness (QED) is 0.354. The van der Waals surface area contributed by atoms with Crippen LogP contribution < -0.4 is 10.4 Å². The van der Waals surface area contributed by atoms with Gasteiger partial charge in [-0.05, 0) is 47.3 Å². The number of sulfone groups is 1. The van der Waals surface area contributed by atoms with Gasteiger partial charge in [-0.15, -0.1) is 11.3 Å². The molecule has 0 radical (unpaired) electrons. The number of thiophene rings is 1. The molecule has 0 saturated carbocycles. The van der Waals surface area contributed by atoms with Crippen molar-refractivity contribution in [3.05, 3.63) is 82.5 Å². The number of anilines is 1. The summed E-state index contributed by atoms with van der Waals surface area (Å²) < 4.78 is 90.8. The van der Waals surface area contributed by atoms with Gasteiger partial charge in [0.25, 0.3) is 19.9 Å². The fourth-order valence-electron chi connectivity index (χ4n) is 3.19. The van der Waals surface area contributed by atoms with E-state index in [0.717, 1.165) is 38.8 Å². The van der Waals surface area contributed by atoms with E-state index in [4.69, 9.17) is 0 Å². The Morgan fingerprint density at radius 1 is 1.06 bits per heavy atom. The second-order valence-electron chi connectivity index (χ2n) is 7.25. The number of alkyl halides is 3. The molecule has 4 rings (SSSR count). The standard InChI is InChI=1S/C20H15F3N4O6S3/c21-20(22,23)35(30,31)15-5-3-14(4-6-15)27-17(28)12-26(19(27)29)11-13-7-8-24-10-16(13)25-36(32,33)18-2-1-9-34-18/h1-10,12,25,28H,11H2. The molecule has 36 heavy (non-hydrogen) atoms. The maximum Gasteiger partial charge on any atom is 0.501 e. The molecular formula is C20H15F3N4O6S3. The first kappa shape index (κ1) is 25.5. The summed E-state index contributed by atoms with van der Waals surface area (Å²) in [6.07, 6.45) is 3.67. The van der Waals surface area contributed by atoms with Crippen LogP contribution in [-0.4, -0.2) is 41.6 Å². The number of sulfonamides is 1. The van der Waals surface area contributed by atoms with Crippen molar-refractivity contribution in [3.63, 3.8) is 0 Å². The maximum atomic E-state index is 12.9. The number of aromatic nitrogens is 3. The molecule has 0 fully saturated rings. The highest BCUT2D eigenvalue weighted by Gasteiger charge is 2.46. The van der Waals surface area contributed by atoms with Gasteiger partial charge in [0.05, 0.1) is 35.2 Å². The molecule has 0 atom stereocenters. The molecule has 0 saturated heterocycles. The second-order valence-corrected chi connectivity index (χ2v) is 12.0. The van der Waals surface area contributed by atoms with Gasteiger partial charge in [0.2, 0.25) is 5.88 Å². The lowest BCUT2D eigenvalue weighted by Crippen LogP contribution is -2.25. The number of benzene rings is 1. The van der Waals surface area contributed by atoms with Crippen molar-refractivity contribution in [1.29, 1.82) is 0 Å². The summed E-state index contributed by atoms with van der Waals surface area (Å²) >= 11 is 1.01. The SMILES string of the molecule is O=c1n(Cc2ccncc2NS(=O)(=O)c2cccs2)cc(O)n1-c1ccc(S(=O)(=O)C(F)(F)F)cc1. The molecule has 3 heterocycles. The van der Waals surface area contributed by atoms with E-state index in [0.29, 0.717) is 17.7 Å². The molecular weight excluding hydrogens is 545 g/mol. The highest BCUT2D eigenvalue weighted by molar-refractivity contribution is 7.94. The number of hydrogen-bond donors (Lipinski definition) is 2. The minimum Gasteiger partial charge on any atom is -0.493 e. The van der Waals surface area contributed by atoms with Crippen molar-refractivity contribution in [2.75, 3.05) is 4.72 Å². The molecule has 0 amide bonds. The van der Waals surface area contributed by atoms with Crippen LogP contribution in [0, 0.1) is 0 Å². The van der Waals surface area contributed by atoms with Crippen LogP contribution in [0.4, 0.5) is 18.9 Å². The molecule has 0 bridgehead atoms. The third kappa shape index (κ3) is 4.74. The zero-order valence-corrected chi connectivity index (χ0v) is 20.2. The smallest absolute Gasteiger partial charge is 0.493 e. The van der Waals surface area contributed by atoms with Crippen LogP contribution in [0.5, 0.6) is 5.88 Å². The van der Waals surface area contributed by atoms with Crippen molar-refractivity contribution >= 4 is 36.9 Å². The van der Waals surface area contributed by atoms with E-state index in [1.807, 2.05) is 0 Å². The minimum absolute atomic E-state index is 0.0641. The number of aromatic hydroxyl groups is 1. The van der Waals surface area contributed by atoms with Gasteiger partial charge in [-0.3, -0.25) is 14.3 Å². The Morgan fingerprint density at radius 2 is 1.75 bits per heavy atom. The third-order valence-corrected chi connectivity index (χ3v) is 9.17. The lowest BCUT2D eigenvalue weighted by molar-refractivity contribution is -0.0436. The summed E-state index contributed by atoms with van der Waals surface area (Å²) in [7, 11) is -9.49. The maximum absolute atomic E-state index is 12.9. The Morgan fingerprint density at radius 3 is 2.36 bits per heavy atom. The number of rotatable bonds is 7. The fraction of sp³-hybridized carbons (Fsp3) is 0.100. The van der Waals surface area contributed by atoms with Crippen molar-refractivity contribution in [1.82, 2.24) is 14.1 Å². The van der Waals surface area contributed by atoms with Crippen LogP contribution in [0.1, 0.15) is 5.56 Å². The van der Waals surface area contributed by atoms with Crippen molar-refractivity contribution in [2.24, 2.45) is 0 Å². The van der Waals surface area contributed by atoms with Gasteiger partial charge >= 0.3 is 11.2 Å². The average Bonchev–Trinajstić information content (AvgIpc) is 3.44. The van der Waals surface area contributed by atoms with Crippen LogP contribution in [0.2, 0.25) is 0 Å². The Kier molecular flexibility index (Phi) is 6.44. The number of hydrogen-bond acceptors (Lipinski definition) is 8. The van der Waals surface area contributed by atoms with Gasteiger partial charge in [0, 0.05) is 6.20 Å². The van der Waals surface area contributed by atoms with Crippen molar-refractivity contribution < 1.29 is 35.1 Å². The second kappa shape index (κ2) is 9.11. The van der Waals surface area contributed by atoms with E-state index < -0.39 is 41.8 Å². The molecule has 0 spiro atoms. The van der Waals surface area contributed by atoms with Crippen LogP contribution in [-0.2, 0) is 26.4 Å². The lowest BCUT2D eigenvalue weighted by Gasteiger charge is -2.11. The molecule has 0 aliphatic heterocycles. The molecule has 2 N–H and O–H groups in total. The first-order chi connectivity index (χ1) is 16.8. The van der Waals surface area contributed by atoms with E-state index in [2.05, 4.69) is 9.71 Å². The molecule has 0 unspecified atom stereocenters. The summed E-state index contributed by atoms with van der Waals surface area (Å²) in [5.41, 5.74) is -5.99. The molecule has 16 heteroatoms. The largest absolute Gasteiger partial charge is 0.501 e. The summed E-state index contributed by atoms with van der Waals surface area (Å²) in [5.74, 6) is -0.582. The number of nitrogens with one attached hydrogen (secondary N) is 1.